The van der Waals surface area contributed by atoms with Crippen molar-refractivity contribution in [1.82, 2.24) is 0 Å². The molecule has 38 heavy (non-hydrogen) atoms. The summed E-state index contributed by atoms with van der Waals surface area (Å²) in [6.07, 6.45) is -0.686. The minimum atomic E-state index is -0.396. The van der Waals surface area contributed by atoms with E-state index in [4.69, 9.17) is 18.9 Å². The molecule has 0 aliphatic carbocycles. The molecule has 3 aromatic rings. The molecule has 0 saturated carbocycles. The van der Waals surface area contributed by atoms with E-state index in [9.17, 15) is 4.79 Å². The van der Waals surface area contributed by atoms with Gasteiger partial charge in [-0.25, -0.2) is 0 Å². The molecule has 1 aliphatic rings. The van der Waals surface area contributed by atoms with Gasteiger partial charge < -0.3 is 23.7 Å². The number of Topliss-reactive ketones (excluding diaryl/α,β-unsaturated/α-hetero) is 1. The zero-order chi connectivity index (χ0) is 26.6. The molecule has 1 heterocycles. The SMILES string of the molecule is CCS[C@@H]1O[C@H](COCc2ccccc2)[C@@H](OCc2ccccc2)[C@H](OCc2ccccc2)[C@H]1CC(C)=O. The monoisotopic (exact) mass is 534 g/mol. The number of carbonyl (C=O) groups excluding carboxylic acids is 1. The molecule has 1 saturated heterocycles. The van der Waals surface area contributed by atoms with Crippen molar-refractivity contribution >= 4 is 17.5 Å². The molecule has 3 aromatic carbocycles. The van der Waals surface area contributed by atoms with Gasteiger partial charge in [0.1, 0.15) is 23.4 Å². The third kappa shape index (κ3) is 8.52. The normalized spacial score (nSPS) is 23.3. The minimum Gasteiger partial charge on any atom is -0.374 e. The summed E-state index contributed by atoms with van der Waals surface area (Å²) in [4.78, 5) is 12.4. The van der Waals surface area contributed by atoms with E-state index in [1.807, 2.05) is 66.7 Å². The maximum Gasteiger partial charge on any atom is 0.130 e. The van der Waals surface area contributed by atoms with Crippen LogP contribution >= 0.6 is 11.8 Å². The molecule has 0 N–H and O–H groups in total. The fourth-order valence-corrected chi connectivity index (χ4v) is 5.84. The summed E-state index contributed by atoms with van der Waals surface area (Å²) in [7, 11) is 0. The first-order valence-corrected chi connectivity index (χ1v) is 14.4. The molecule has 0 spiro atoms. The Morgan fingerprint density at radius 3 is 1.76 bits per heavy atom. The quantitative estimate of drug-likeness (QED) is 0.237. The Balaban J connectivity index is 1.58. The highest BCUT2D eigenvalue weighted by atomic mass is 32.2. The number of ether oxygens (including phenoxy) is 4. The lowest BCUT2D eigenvalue weighted by Crippen LogP contribution is -2.57. The van der Waals surface area contributed by atoms with Crippen LogP contribution in [0.4, 0.5) is 0 Å². The van der Waals surface area contributed by atoms with Gasteiger partial charge in [-0.1, -0.05) is 97.9 Å². The molecule has 0 unspecified atom stereocenters. The van der Waals surface area contributed by atoms with Crippen LogP contribution in [0.2, 0.25) is 0 Å². The summed E-state index contributed by atoms with van der Waals surface area (Å²) >= 11 is 1.71. The number of carbonyl (C=O) groups is 1. The predicted molar refractivity (Wildman–Crippen MR) is 152 cm³/mol. The van der Waals surface area contributed by atoms with Crippen LogP contribution in [0.15, 0.2) is 91.0 Å². The van der Waals surface area contributed by atoms with Crippen molar-refractivity contribution in [3.8, 4) is 0 Å². The van der Waals surface area contributed by atoms with Crippen molar-refractivity contribution in [3.05, 3.63) is 108 Å². The molecule has 0 radical (unpaired) electrons. The standard InChI is InChI=1S/C32H38O5S/c1-3-38-32-28(19-24(2)33)30(35-21-26-15-9-5-10-16-26)31(36-22-27-17-11-6-12-18-27)29(37-32)23-34-20-25-13-7-4-8-14-25/h4-18,28-32H,3,19-23H2,1-2H3/t28-,29-,30-,31-,32+/m1/s1. The zero-order valence-electron chi connectivity index (χ0n) is 22.2. The summed E-state index contributed by atoms with van der Waals surface area (Å²) in [5.74, 6) is 0.860. The summed E-state index contributed by atoms with van der Waals surface area (Å²) in [5.41, 5.74) is 3.08. The van der Waals surface area contributed by atoms with E-state index in [-0.39, 0.29) is 29.3 Å². The van der Waals surface area contributed by atoms with Crippen molar-refractivity contribution < 1.29 is 23.7 Å². The van der Waals surface area contributed by atoms with Crippen LogP contribution in [0.1, 0.15) is 37.0 Å². The van der Waals surface area contributed by atoms with E-state index >= 15 is 0 Å². The number of hydrogen-bond donors (Lipinski definition) is 0. The Hall–Kier alpha value is -2.48. The van der Waals surface area contributed by atoms with Gasteiger partial charge in [-0.15, -0.1) is 11.8 Å². The number of thioether (sulfide) groups is 1. The maximum absolute atomic E-state index is 12.4. The van der Waals surface area contributed by atoms with Crippen molar-refractivity contribution in [1.29, 1.82) is 0 Å². The molecule has 202 valence electrons. The predicted octanol–water partition coefficient (Wildman–Crippen LogP) is 6.45. The Bertz CT molecular complexity index is 1080. The Morgan fingerprint density at radius 1 is 0.763 bits per heavy atom. The summed E-state index contributed by atoms with van der Waals surface area (Å²) < 4.78 is 26.0. The molecule has 0 bridgehead atoms. The summed E-state index contributed by atoms with van der Waals surface area (Å²) in [5, 5.41) is 0. The molecule has 5 nitrogen and oxygen atoms in total. The summed E-state index contributed by atoms with van der Waals surface area (Å²) in [6.45, 7) is 5.46. The van der Waals surface area contributed by atoms with Crippen molar-refractivity contribution in [3.63, 3.8) is 0 Å². The lowest BCUT2D eigenvalue weighted by Gasteiger charge is -2.46. The number of rotatable bonds is 14. The molecule has 0 amide bonds. The molecule has 1 fully saturated rings. The zero-order valence-corrected chi connectivity index (χ0v) is 23.1. The van der Waals surface area contributed by atoms with Gasteiger partial charge in [-0.3, -0.25) is 0 Å². The Labute approximate surface area is 230 Å². The fourth-order valence-electron chi connectivity index (χ4n) is 4.79. The van der Waals surface area contributed by atoms with E-state index < -0.39 is 6.10 Å². The van der Waals surface area contributed by atoms with Gasteiger partial charge in [0.2, 0.25) is 0 Å². The molecule has 6 heteroatoms. The van der Waals surface area contributed by atoms with E-state index in [0.717, 1.165) is 22.4 Å². The first-order valence-electron chi connectivity index (χ1n) is 13.3. The largest absolute Gasteiger partial charge is 0.374 e. The highest BCUT2D eigenvalue weighted by Crippen LogP contribution is 2.39. The van der Waals surface area contributed by atoms with Gasteiger partial charge in [0, 0.05) is 12.3 Å². The smallest absolute Gasteiger partial charge is 0.130 e. The van der Waals surface area contributed by atoms with Crippen LogP contribution < -0.4 is 0 Å². The van der Waals surface area contributed by atoms with Gasteiger partial charge in [0.05, 0.1) is 32.5 Å². The fraction of sp³-hybridized carbons (Fsp3) is 0.406. The lowest BCUT2D eigenvalue weighted by atomic mass is 9.88. The van der Waals surface area contributed by atoms with E-state index in [1.54, 1.807) is 18.7 Å². The molecular weight excluding hydrogens is 496 g/mol. The minimum absolute atomic E-state index is 0.120. The van der Waals surface area contributed by atoms with Gasteiger partial charge in [0.25, 0.3) is 0 Å². The number of ketones is 1. The first kappa shape index (κ1) is 28.5. The van der Waals surface area contributed by atoms with Crippen LogP contribution in [-0.4, -0.2) is 41.9 Å². The second-order valence-corrected chi connectivity index (χ2v) is 11.0. The van der Waals surface area contributed by atoms with Crippen LogP contribution in [0.3, 0.4) is 0 Å². The highest BCUT2D eigenvalue weighted by molar-refractivity contribution is 7.99. The third-order valence-electron chi connectivity index (χ3n) is 6.59. The summed E-state index contributed by atoms with van der Waals surface area (Å²) in [6, 6.07) is 30.3. The highest BCUT2D eigenvalue weighted by Gasteiger charge is 2.47. The van der Waals surface area contributed by atoms with Gasteiger partial charge in [-0.2, -0.15) is 0 Å². The van der Waals surface area contributed by atoms with Gasteiger partial charge >= 0.3 is 0 Å². The van der Waals surface area contributed by atoms with Crippen LogP contribution in [-0.2, 0) is 43.6 Å². The topological polar surface area (TPSA) is 54.0 Å². The third-order valence-corrected chi connectivity index (χ3v) is 7.71. The second-order valence-electron chi connectivity index (χ2n) is 9.59. The second kappa shape index (κ2) is 15.2. The molecule has 5 atom stereocenters. The lowest BCUT2D eigenvalue weighted by molar-refractivity contribution is -0.228. The van der Waals surface area contributed by atoms with Crippen LogP contribution in [0, 0.1) is 5.92 Å². The first-order chi connectivity index (χ1) is 18.6. The van der Waals surface area contributed by atoms with Crippen molar-refractivity contribution in [2.45, 2.75) is 63.8 Å². The van der Waals surface area contributed by atoms with Crippen LogP contribution in [0.5, 0.6) is 0 Å². The van der Waals surface area contributed by atoms with Crippen LogP contribution in [0.25, 0.3) is 0 Å². The Morgan fingerprint density at radius 2 is 1.26 bits per heavy atom. The molecular formula is C32H38O5S. The average Bonchev–Trinajstić information content (AvgIpc) is 2.94. The Kier molecular flexibility index (Phi) is 11.4. The van der Waals surface area contributed by atoms with E-state index in [2.05, 4.69) is 31.2 Å². The molecule has 4 rings (SSSR count). The average molecular weight is 535 g/mol. The van der Waals surface area contributed by atoms with Crippen molar-refractivity contribution in [2.24, 2.45) is 5.92 Å². The maximum atomic E-state index is 12.4. The number of hydrogen-bond acceptors (Lipinski definition) is 6. The van der Waals surface area contributed by atoms with Gasteiger partial charge in [0.15, 0.2) is 0 Å². The number of benzene rings is 3. The van der Waals surface area contributed by atoms with Crippen molar-refractivity contribution in [2.75, 3.05) is 12.4 Å². The van der Waals surface area contributed by atoms with Gasteiger partial charge in [-0.05, 0) is 29.4 Å². The van der Waals surface area contributed by atoms with E-state index in [1.165, 1.54) is 0 Å². The van der Waals surface area contributed by atoms with E-state index in [0.29, 0.717) is 32.8 Å². The molecule has 1 aliphatic heterocycles. The molecule has 0 aromatic heterocycles.